The fourth-order valence-corrected chi connectivity index (χ4v) is 1.08. The minimum Gasteiger partial charge on any atom is -0.465 e. The van der Waals surface area contributed by atoms with Crippen LogP contribution < -0.4 is 0 Å². The summed E-state index contributed by atoms with van der Waals surface area (Å²) in [7, 11) is 0. The normalized spacial score (nSPS) is 13.6. The first-order valence-corrected chi connectivity index (χ1v) is 5.78. The molecule has 0 aliphatic heterocycles. The topological polar surface area (TPSA) is 69.7 Å². The molecule has 0 aliphatic carbocycles. The maximum Gasteiger partial charge on any atom is 0.330 e. The van der Waals surface area contributed by atoms with Crippen molar-refractivity contribution in [3.8, 4) is 0 Å². The smallest absolute Gasteiger partial charge is 0.330 e. The molecule has 0 N–H and O–H groups in total. The summed E-state index contributed by atoms with van der Waals surface area (Å²) in [6.07, 6.45) is 1.87. The Morgan fingerprint density at radius 3 is 2.12 bits per heavy atom. The van der Waals surface area contributed by atoms with Crippen molar-refractivity contribution in [1.29, 1.82) is 0 Å². The molecule has 5 nitrogen and oxygen atoms in total. The Kier molecular flexibility index (Phi) is 6.46. The van der Waals surface area contributed by atoms with Gasteiger partial charge in [-0.25, -0.2) is 0 Å². The van der Waals surface area contributed by atoms with Gasteiger partial charge in [0.05, 0.1) is 6.61 Å². The third kappa shape index (κ3) is 4.54. The number of carbonyl (C=O) groups is 3. The van der Waals surface area contributed by atoms with Gasteiger partial charge < -0.3 is 9.47 Å². The van der Waals surface area contributed by atoms with E-state index in [9.17, 15) is 14.4 Å². The molecule has 0 aromatic heterocycles. The van der Waals surface area contributed by atoms with Crippen LogP contribution in [0.2, 0.25) is 0 Å². The van der Waals surface area contributed by atoms with Crippen molar-refractivity contribution in [2.24, 2.45) is 5.41 Å². The molecule has 0 heterocycles. The van der Waals surface area contributed by atoms with Gasteiger partial charge in [-0.2, -0.15) is 0 Å². The molecule has 0 saturated heterocycles. The van der Waals surface area contributed by atoms with Crippen LogP contribution in [0.1, 0.15) is 47.0 Å². The summed E-state index contributed by atoms with van der Waals surface area (Å²) in [5.41, 5.74) is -1.40. The number of hydrogen-bond acceptors (Lipinski definition) is 5. The number of rotatable bonds is 6. The van der Waals surface area contributed by atoms with Gasteiger partial charge in [-0.15, -0.1) is 0 Å². The summed E-state index contributed by atoms with van der Waals surface area (Å²) >= 11 is 0. The zero-order valence-corrected chi connectivity index (χ0v) is 10.9. The average molecular weight is 244 g/mol. The van der Waals surface area contributed by atoms with Gasteiger partial charge in [-0.05, 0) is 19.8 Å². The van der Waals surface area contributed by atoms with Crippen molar-refractivity contribution in [2.75, 3.05) is 6.61 Å². The second-order valence-electron chi connectivity index (χ2n) is 4.06. The molecule has 0 aliphatic rings. The SMILES string of the molecule is CCCCOC(=O)[C@@](C)(CC)C(=O)OC(C)=O. The molecule has 0 aromatic rings. The van der Waals surface area contributed by atoms with Gasteiger partial charge in [0.2, 0.25) is 0 Å². The van der Waals surface area contributed by atoms with E-state index in [-0.39, 0.29) is 13.0 Å². The Bertz CT molecular complexity index is 297. The monoisotopic (exact) mass is 244 g/mol. The van der Waals surface area contributed by atoms with Gasteiger partial charge in [-0.1, -0.05) is 20.3 Å². The van der Waals surface area contributed by atoms with Crippen LogP contribution in [0, 0.1) is 5.41 Å². The van der Waals surface area contributed by atoms with E-state index in [2.05, 4.69) is 4.74 Å². The van der Waals surface area contributed by atoms with E-state index in [1.807, 2.05) is 6.92 Å². The fourth-order valence-electron chi connectivity index (χ4n) is 1.08. The summed E-state index contributed by atoms with van der Waals surface area (Å²) in [5, 5.41) is 0. The van der Waals surface area contributed by atoms with Crippen molar-refractivity contribution < 1.29 is 23.9 Å². The van der Waals surface area contributed by atoms with Crippen LogP contribution in [0.4, 0.5) is 0 Å². The van der Waals surface area contributed by atoms with E-state index >= 15 is 0 Å². The molecule has 0 amide bonds. The van der Waals surface area contributed by atoms with Crippen LogP contribution in [0.15, 0.2) is 0 Å². The van der Waals surface area contributed by atoms with E-state index in [0.717, 1.165) is 19.8 Å². The summed E-state index contributed by atoms with van der Waals surface area (Å²) in [6, 6.07) is 0. The lowest BCUT2D eigenvalue weighted by atomic mass is 9.88. The summed E-state index contributed by atoms with van der Waals surface area (Å²) in [5.74, 6) is -2.22. The molecule has 0 saturated carbocycles. The van der Waals surface area contributed by atoms with E-state index < -0.39 is 23.3 Å². The molecule has 0 radical (unpaired) electrons. The van der Waals surface area contributed by atoms with E-state index in [4.69, 9.17) is 4.74 Å². The highest BCUT2D eigenvalue weighted by Crippen LogP contribution is 2.25. The quantitative estimate of drug-likeness (QED) is 0.405. The first kappa shape index (κ1) is 15.6. The van der Waals surface area contributed by atoms with Crippen LogP contribution in [-0.2, 0) is 23.9 Å². The maximum absolute atomic E-state index is 11.8. The second kappa shape index (κ2) is 7.04. The van der Waals surface area contributed by atoms with Crippen molar-refractivity contribution in [3.05, 3.63) is 0 Å². The molecule has 98 valence electrons. The highest BCUT2D eigenvalue weighted by atomic mass is 16.6. The third-order valence-corrected chi connectivity index (χ3v) is 2.58. The van der Waals surface area contributed by atoms with Crippen molar-refractivity contribution in [1.82, 2.24) is 0 Å². The van der Waals surface area contributed by atoms with E-state index in [1.54, 1.807) is 6.92 Å². The van der Waals surface area contributed by atoms with Gasteiger partial charge >= 0.3 is 17.9 Å². The van der Waals surface area contributed by atoms with E-state index in [1.165, 1.54) is 6.92 Å². The molecule has 0 fully saturated rings. The summed E-state index contributed by atoms with van der Waals surface area (Å²) < 4.78 is 9.45. The minimum absolute atomic E-state index is 0.226. The first-order chi connectivity index (χ1) is 7.88. The fraction of sp³-hybridized carbons (Fsp3) is 0.750. The lowest BCUT2D eigenvalue weighted by Crippen LogP contribution is -2.39. The minimum atomic E-state index is -1.40. The standard InChI is InChI=1S/C12H20O5/c1-5-7-8-16-10(14)12(4,6-2)11(15)17-9(3)13/h5-8H2,1-4H3/t12-/m1/s1. The lowest BCUT2D eigenvalue weighted by Gasteiger charge is -2.22. The second-order valence-corrected chi connectivity index (χ2v) is 4.06. The van der Waals surface area contributed by atoms with Crippen LogP contribution in [0.5, 0.6) is 0 Å². The molecular formula is C12H20O5. The predicted molar refractivity (Wildman–Crippen MR) is 61.0 cm³/mol. The Labute approximate surface area is 101 Å². The highest BCUT2D eigenvalue weighted by Gasteiger charge is 2.43. The molecule has 5 heteroatoms. The lowest BCUT2D eigenvalue weighted by molar-refractivity contribution is -0.175. The van der Waals surface area contributed by atoms with Gasteiger partial charge in [0, 0.05) is 6.92 Å². The Balaban J connectivity index is 4.58. The molecule has 0 rings (SSSR count). The molecule has 1 atom stereocenters. The zero-order chi connectivity index (χ0) is 13.5. The molecular weight excluding hydrogens is 224 g/mol. The first-order valence-electron chi connectivity index (χ1n) is 5.78. The van der Waals surface area contributed by atoms with Gasteiger partial charge in [0.1, 0.15) is 0 Å². The van der Waals surface area contributed by atoms with Crippen LogP contribution in [0.3, 0.4) is 0 Å². The zero-order valence-electron chi connectivity index (χ0n) is 10.9. The summed E-state index contributed by atoms with van der Waals surface area (Å²) in [6.45, 7) is 6.46. The van der Waals surface area contributed by atoms with Crippen LogP contribution >= 0.6 is 0 Å². The molecule has 0 aromatic carbocycles. The Morgan fingerprint density at radius 1 is 1.12 bits per heavy atom. The largest absolute Gasteiger partial charge is 0.465 e. The molecule has 17 heavy (non-hydrogen) atoms. The number of hydrogen-bond donors (Lipinski definition) is 0. The number of unbranched alkanes of at least 4 members (excludes halogenated alkanes) is 1. The molecule has 0 unspecified atom stereocenters. The van der Waals surface area contributed by atoms with Crippen LogP contribution in [-0.4, -0.2) is 24.5 Å². The van der Waals surface area contributed by atoms with Gasteiger partial charge in [0.25, 0.3) is 0 Å². The van der Waals surface area contributed by atoms with Crippen molar-refractivity contribution in [3.63, 3.8) is 0 Å². The Morgan fingerprint density at radius 2 is 1.71 bits per heavy atom. The predicted octanol–water partition coefficient (Wildman–Crippen LogP) is 1.84. The number of ether oxygens (including phenoxy) is 2. The highest BCUT2D eigenvalue weighted by molar-refractivity contribution is 6.02. The third-order valence-electron chi connectivity index (χ3n) is 2.58. The number of carbonyl (C=O) groups excluding carboxylic acids is 3. The maximum atomic E-state index is 11.8. The molecule has 0 bridgehead atoms. The van der Waals surface area contributed by atoms with Gasteiger partial charge in [-0.3, -0.25) is 14.4 Å². The Hall–Kier alpha value is -1.39. The van der Waals surface area contributed by atoms with Gasteiger partial charge in [0.15, 0.2) is 5.41 Å². The van der Waals surface area contributed by atoms with Crippen molar-refractivity contribution >= 4 is 17.9 Å². The van der Waals surface area contributed by atoms with Crippen molar-refractivity contribution in [2.45, 2.75) is 47.0 Å². The number of esters is 3. The molecule has 0 spiro atoms. The average Bonchev–Trinajstić information content (AvgIpc) is 2.27. The summed E-state index contributed by atoms with van der Waals surface area (Å²) in [4.78, 5) is 34.1. The van der Waals surface area contributed by atoms with Crippen LogP contribution in [0.25, 0.3) is 0 Å². The van der Waals surface area contributed by atoms with E-state index in [0.29, 0.717) is 0 Å².